The van der Waals surface area contributed by atoms with E-state index in [1.165, 1.54) is 0 Å². The molecule has 0 aromatic heterocycles. The fourth-order valence-corrected chi connectivity index (χ4v) is 3.50. The highest BCUT2D eigenvalue weighted by Gasteiger charge is 2.26. The predicted octanol–water partition coefficient (Wildman–Crippen LogP) is 4.12. The van der Waals surface area contributed by atoms with E-state index in [0.717, 1.165) is 24.5 Å². The number of methoxy groups -OCH3 is 1. The van der Waals surface area contributed by atoms with Crippen LogP contribution in [0, 0.1) is 0 Å². The molecular formula is C20H22Cl2N2O3. The first kappa shape index (κ1) is 19.6. The van der Waals surface area contributed by atoms with Crippen LogP contribution < -0.4 is 14.4 Å². The van der Waals surface area contributed by atoms with Crippen LogP contribution in [0.25, 0.3) is 0 Å². The van der Waals surface area contributed by atoms with Crippen molar-refractivity contribution < 1.29 is 14.3 Å². The lowest BCUT2D eigenvalue weighted by Gasteiger charge is -2.37. The zero-order valence-corrected chi connectivity index (χ0v) is 16.8. The monoisotopic (exact) mass is 408 g/mol. The van der Waals surface area contributed by atoms with E-state index in [4.69, 9.17) is 32.7 Å². The fraction of sp³-hybridized carbons (Fsp3) is 0.350. The SMILES string of the molecule is COc1ccc(N2CCN(C(=O)C(C)Oc3ccc(Cl)cc3Cl)CC2)cc1. The molecule has 27 heavy (non-hydrogen) atoms. The van der Waals surface area contributed by atoms with E-state index in [0.29, 0.717) is 28.9 Å². The van der Waals surface area contributed by atoms with Crippen molar-refractivity contribution in [1.29, 1.82) is 0 Å². The van der Waals surface area contributed by atoms with Crippen molar-refractivity contribution in [3.05, 3.63) is 52.5 Å². The average molecular weight is 409 g/mol. The summed E-state index contributed by atoms with van der Waals surface area (Å²) >= 11 is 12.0. The molecular weight excluding hydrogens is 387 g/mol. The van der Waals surface area contributed by atoms with Crippen LogP contribution in [0.3, 0.4) is 0 Å². The van der Waals surface area contributed by atoms with Crippen molar-refractivity contribution in [3.63, 3.8) is 0 Å². The summed E-state index contributed by atoms with van der Waals surface area (Å²) in [5, 5.41) is 0.924. The minimum atomic E-state index is -0.615. The Morgan fingerprint density at radius 2 is 1.70 bits per heavy atom. The normalized spacial score (nSPS) is 15.4. The van der Waals surface area contributed by atoms with Crippen LogP contribution in [-0.2, 0) is 4.79 Å². The van der Waals surface area contributed by atoms with Crippen LogP contribution >= 0.6 is 23.2 Å². The molecule has 2 aromatic carbocycles. The molecule has 1 fully saturated rings. The number of rotatable bonds is 5. The van der Waals surface area contributed by atoms with Gasteiger partial charge in [-0.05, 0) is 49.4 Å². The summed E-state index contributed by atoms with van der Waals surface area (Å²) in [7, 11) is 1.65. The van der Waals surface area contributed by atoms with Crippen LogP contribution in [-0.4, -0.2) is 50.2 Å². The van der Waals surface area contributed by atoms with E-state index in [1.807, 2.05) is 29.2 Å². The van der Waals surface area contributed by atoms with Crippen molar-refractivity contribution in [2.75, 3.05) is 38.2 Å². The quantitative estimate of drug-likeness (QED) is 0.745. The van der Waals surface area contributed by atoms with Crippen molar-refractivity contribution >= 4 is 34.8 Å². The first-order valence-electron chi connectivity index (χ1n) is 8.77. The van der Waals surface area contributed by atoms with Gasteiger partial charge >= 0.3 is 0 Å². The molecule has 1 aliphatic rings. The highest BCUT2D eigenvalue weighted by atomic mass is 35.5. The van der Waals surface area contributed by atoms with Gasteiger partial charge in [0.25, 0.3) is 5.91 Å². The van der Waals surface area contributed by atoms with Crippen molar-refractivity contribution in [1.82, 2.24) is 4.90 Å². The Labute approximate surface area is 169 Å². The van der Waals surface area contributed by atoms with Gasteiger partial charge in [-0.15, -0.1) is 0 Å². The van der Waals surface area contributed by atoms with Gasteiger partial charge in [0, 0.05) is 36.9 Å². The summed E-state index contributed by atoms with van der Waals surface area (Å²) in [5.41, 5.74) is 1.13. The van der Waals surface area contributed by atoms with Crippen molar-refractivity contribution in [3.8, 4) is 11.5 Å². The summed E-state index contributed by atoms with van der Waals surface area (Å²) in [6.07, 6.45) is -0.615. The van der Waals surface area contributed by atoms with Gasteiger partial charge in [0.1, 0.15) is 11.5 Å². The Bertz CT molecular complexity index is 790. The standard InChI is InChI=1S/C20H22Cl2N2O3/c1-14(27-19-8-3-15(21)13-18(19)22)20(25)24-11-9-23(10-12-24)16-4-6-17(26-2)7-5-16/h3-8,13-14H,9-12H2,1-2H3. The lowest BCUT2D eigenvalue weighted by Crippen LogP contribution is -2.52. The molecule has 0 saturated carbocycles. The minimum Gasteiger partial charge on any atom is -0.497 e. The molecule has 5 nitrogen and oxygen atoms in total. The van der Waals surface area contributed by atoms with E-state index in [-0.39, 0.29) is 5.91 Å². The van der Waals surface area contributed by atoms with Gasteiger partial charge in [-0.2, -0.15) is 0 Å². The molecule has 144 valence electrons. The Morgan fingerprint density at radius 3 is 2.30 bits per heavy atom. The zero-order chi connectivity index (χ0) is 19.4. The average Bonchev–Trinajstić information content (AvgIpc) is 2.69. The number of halogens is 2. The summed E-state index contributed by atoms with van der Waals surface area (Å²) < 4.78 is 10.9. The number of amides is 1. The maximum Gasteiger partial charge on any atom is 0.263 e. The van der Waals surface area contributed by atoms with Gasteiger partial charge in [-0.3, -0.25) is 4.79 Å². The van der Waals surface area contributed by atoms with E-state index in [2.05, 4.69) is 4.90 Å². The Kier molecular flexibility index (Phi) is 6.34. The van der Waals surface area contributed by atoms with E-state index in [9.17, 15) is 4.79 Å². The molecule has 0 N–H and O–H groups in total. The highest BCUT2D eigenvalue weighted by Crippen LogP contribution is 2.28. The number of piperazine rings is 1. The predicted molar refractivity (Wildman–Crippen MR) is 108 cm³/mol. The maximum atomic E-state index is 12.7. The van der Waals surface area contributed by atoms with Gasteiger partial charge in [-0.25, -0.2) is 0 Å². The summed E-state index contributed by atoms with van der Waals surface area (Å²) in [6.45, 7) is 4.57. The zero-order valence-electron chi connectivity index (χ0n) is 15.3. The van der Waals surface area contributed by atoms with Gasteiger partial charge in [0.2, 0.25) is 0 Å². The number of nitrogens with zero attached hydrogens (tertiary/aromatic N) is 2. The lowest BCUT2D eigenvalue weighted by molar-refractivity contribution is -0.138. The molecule has 3 rings (SSSR count). The first-order valence-corrected chi connectivity index (χ1v) is 9.53. The lowest BCUT2D eigenvalue weighted by atomic mass is 10.2. The van der Waals surface area contributed by atoms with E-state index in [1.54, 1.807) is 32.2 Å². The molecule has 7 heteroatoms. The van der Waals surface area contributed by atoms with Crippen LogP contribution in [0.1, 0.15) is 6.92 Å². The van der Waals surface area contributed by atoms with Crippen molar-refractivity contribution in [2.24, 2.45) is 0 Å². The van der Waals surface area contributed by atoms with Crippen molar-refractivity contribution in [2.45, 2.75) is 13.0 Å². The van der Waals surface area contributed by atoms with Crippen LogP contribution in [0.2, 0.25) is 10.0 Å². The minimum absolute atomic E-state index is 0.0459. The molecule has 1 amide bonds. The molecule has 1 heterocycles. The number of ether oxygens (including phenoxy) is 2. The molecule has 1 aliphatic heterocycles. The molecule has 0 spiro atoms. The third-order valence-corrected chi connectivity index (χ3v) is 5.10. The number of carbonyl (C=O) groups is 1. The van der Waals surface area contributed by atoms with Gasteiger partial charge in [0.15, 0.2) is 6.10 Å². The smallest absolute Gasteiger partial charge is 0.263 e. The Morgan fingerprint density at radius 1 is 1.04 bits per heavy atom. The largest absolute Gasteiger partial charge is 0.497 e. The molecule has 0 bridgehead atoms. The van der Waals surface area contributed by atoms with Crippen LogP contribution in [0.4, 0.5) is 5.69 Å². The maximum absolute atomic E-state index is 12.7. The molecule has 0 aliphatic carbocycles. The first-order chi connectivity index (χ1) is 13.0. The molecule has 2 aromatic rings. The Hall–Kier alpha value is -2.11. The summed E-state index contributed by atoms with van der Waals surface area (Å²) in [4.78, 5) is 16.8. The number of hydrogen-bond donors (Lipinski definition) is 0. The number of benzene rings is 2. The summed E-state index contributed by atoms with van der Waals surface area (Å²) in [6, 6.07) is 12.9. The third kappa shape index (κ3) is 4.79. The molecule has 1 saturated heterocycles. The summed E-state index contributed by atoms with van der Waals surface area (Å²) in [5.74, 6) is 1.24. The highest BCUT2D eigenvalue weighted by molar-refractivity contribution is 6.35. The van der Waals surface area contributed by atoms with E-state index >= 15 is 0 Å². The van der Waals surface area contributed by atoms with Gasteiger partial charge < -0.3 is 19.3 Å². The second-order valence-corrected chi connectivity index (χ2v) is 7.19. The molecule has 1 unspecified atom stereocenters. The molecule has 1 atom stereocenters. The van der Waals surface area contributed by atoms with Gasteiger partial charge in [-0.1, -0.05) is 23.2 Å². The second-order valence-electron chi connectivity index (χ2n) is 6.35. The number of carbonyl (C=O) groups excluding carboxylic acids is 1. The fourth-order valence-electron chi connectivity index (χ4n) is 3.05. The molecule has 0 radical (unpaired) electrons. The number of anilines is 1. The topological polar surface area (TPSA) is 42.0 Å². The van der Waals surface area contributed by atoms with Crippen LogP contribution in [0.15, 0.2) is 42.5 Å². The van der Waals surface area contributed by atoms with E-state index < -0.39 is 6.10 Å². The van der Waals surface area contributed by atoms with Gasteiger partial charge in [0.05, 0.1) is 12.1 Å². The second kappa shape index (κ2) is 8.72. The number of hydrogen-bond acceptors (Lipinski definition) is 4. The third-order valence-electron chi connectivity index (χ3n) is 4.57. The van der Waals surface area contributed by atoms with Crippen LogP contribution in [0.5, 0.6) is 11.5 Å². The Balaban J connectivity index is 1.55.